The van der Waals surface area contributed by atoms with E-state index in [1.54, 1.807) is 0 Å². The van der Waals surface area contributed by atoms with Crippen LogP contribution < -0.4 is 0 Å². The average molecular weight is 253 g/mol. The van der Waals surface area contributed by atoms with Gasteiger partial charge in [0.05, 0.1) is 10.6 Å². The first-order valence-electron chi connectivity index (χ1n) is 3.88. The number of carboxylic acid groups (broad SMARTS) is 1. The molecule has 7 heteroatoms. The van der Waals surface area contributed by atoms with Gasteiger partial charge in [-0.1, -0.05) is 17.7 Å². The molecule has 86 valence electrons. The van der Waals surface area contributed by atoms with Crippen molar-refractivity contribution in [1.82, 2.24) is 0 Å². The van der Waals surface area contributed by atoms with Crippen LogP contribution in [0.4, 0.5) is 13.2 Å². The van der Waals surface area contributed by atoms with Crippen molar-refractivity contribution in [2.75, 3.05) is 0 Å². The molecule has 1 aromatic rings. The highest BCUT2D eigenvalue weighted by molar-refractivity contribution is 6.40. The molecule has 3 nitrogen and oxygen atoms in total. The molecule has 0 aliphatic rings. The van der Waals surface area contributed by atoms with Crippen LogP contribution in [-0.2, 0) is 11.0 Å². The van der Waals surface area contributed by atoms with Gasteiger partial charge in [-0.3, -0.25) is 4.79 Å². The summed E-state index contributed by atoms with van der Waals surface area (Å²) in [6.45, 7) is 0. The number of benzene rings is 1. The second-order valence-corrected chi connectivity index (χ2v) is 3.23. The number of carboxylic acids is 1. The van der Waals surface area contributed by atoms with Crippen molar-refractivity contribution >= 4 is 23.4 Å². The number of rotatable bonds is 2. The third kappa shape index (κ3) is 2.52. The second-order valence-electron chi connectivity index (χ2n) is 2.83. The van der Waals surface area contributed by atoms with E-state index in [0.29, 0.717) is 12.1 Å². The highest BCUT2D eigenvalue weighted by Crippen LogP contribution is 2.34. The van der Waals surface area contributed by atoms with Gasteiger partial charge in [0.15, 0.2) is 0 Å². The Morgan fingerprint density at radius 3 is 2.19 bits per heavy atom. The molecule has 0 bridgehead atoms. The number of carbonyl (C=O) groups is 2. The molecular formula is C9H4ClF3O3. The van der Waals surface area contributed by atoms with Crippen molar-refractivity contribution in [3.63, 3.8) is 0 Å². The van der Waals surface area contributed by atoms with E-state index in [9.17, 15) is 22.8 Å². The average Bonchev–Trinajstić information content (AvgIpc) is 2.14. The quantitative estimate of drug-likeness (QED) is 0.650. The second kappa shape index (κ2) is 4.13. The number of carbonyl (C=O) groups excluding carboxylic acids is 1. The standard InChI is InChI=1S/C9H4ClF3O3/c10-6-3-4(7(14)8(15)16)1-2-5(6)9(11,12)13/h1-3H,(H,15,16). The maximum atomic E-state index is 12.3. The molecule has 0 spiro atoms. The van der Waals surface area contributed by atoms with Gasteiger partial charge in [-0.25, -0.2) is 4.79 Å². The molecule has 0 aliphatic carbocycles. The van der Waals surface area contributed by atoms with Crippen LogP contribution in [-0.4, -0.2) is 16.9 Å². The molecule has 0 radical (unpaired) electrons. The molecule has 0 atom stereocenters. The predicted octanol–water partition coefficient (Wildman–Crippen LogP) is 2.63. The normalized spacial score (nSPS) is 11.2. The molecule has 0 heterocycles. The maximum Gasteiger partial charge on any atom is 0.417 e. The van der Waals surface area contributed by atoms with E-state index in [4.69, 9.17) is 16.7 Å². The molecule has 0 amide bonds. The maximum absolute atomic E-state index is 12.3. The lowest BCUT2D eigenvalue weighted by Gasteiger charge is -2.08. The lowest BCUT2D eigenvalue weighted by molar-refractivity contribution is -0.137. The van der Waals surface area contributed by atoms with E-state index >= 15 is 0 Å². The molecule has 1 rings (SSSR count). The molecule has 0 saturated carbocycles. The topological polar surface area (TPSA) is 54.4 Å². The van der Waals surface area contributed by atoms with Gasteiger partial charge in [0, 0.05) is 5.56 Å². The number of aliphatic carboxylic acids is 1. The Kier molecular flexibility index (Phi) is 3.23. The Hall–Kier alpha value is -1.56. The zero-order valence-corrected chi connectivity index (χ0v) is 8.26. The van der Waals surface area contributed by atoms with Crippen molar-refractivity contribution in [3.05, 3.63) is 34.3 Å². The van der Waals surface area contributed by atoms with E-state index in [1.165, 1.54) is 0 Å². The predicted molar refractivity (Wildman–Crippen MR) is 48.4 cm³/mol. The first-order valence-corrected chi connectivity index (χ1v) is 4.25. The molecule has 1 N–H and O–H groups in total. The van der Waals surface area contributed by atoms with E-state index in [-0.39, 0.29) is 0 Å². The van der Waals surface area contributed by atoms with Gasteiger partial charge in [0.2, 0.25) is 0 Å². The van der Waals surface area contributed by atoms with Crippen molar-refractivity contribution in [1.29, 1.82) is 0 Å². The highest BCUT2D eigenvalue weighted by atomic mass is 35.5. The Labute approximate surface area is 92.4 Å². The van der Waals surface area contributed by atoms with Crippen LogP contribution in [0.3, 0.4) is 0 Å². The third-order valence-electron chi connectivity index (χ3n) is 1.73. The van der Waals surface area contributed by atoms with Gasteiger partial charge >= 0.3 is 12.1 Å². The smallest absolute Gasteiger partial charge is 0.417 e. The molecular weight excluding hydrogens is 249 g/mol. The molecule has 1 aromatic carbocycles. The summed E-state index contributed by atoms with van der Waals surface area (Å²) < 4.78 is 36.8. The number of halogens is 4. The number of hydrogen-bond acceptors (Lipinski definition) is 2. The number of alkyl halides is 3. The van der Waals surface area contributed by atoms with Crippen LogP contribution in [0.5, 0.6) is 0 Å². The largest absolute Gasteiger partial charge is 0.475 e. The minimum Gasteiger partial charge on any atom is -0.475 e. The SMILES string of the molecule is O=C(O)C(=O)c1ccc(C(F)(F)F)c(Cl)c1. The van der Waals surface area contributed by atoms with E-state index in [2.05, 4.69) is 0 Å². The zero-order chi connectivity index (χ0) is 12.5. The van der Waals surface area contributed by atoms with Crippen LogP contribution in [0, 0.1) is 0 Å². The van der Waals surface area contributed by atoms with Crippen LogP contribution in [0.25, 0.3) is 0 Å². The fourth-order valence-corrected chi connectivity index (χ4v) is 1.30. The highest BCUT2D eigenvalue weighted by Gasteiger charge is 2.33. The summed E-state index contributed by atoms with van der Waals surface area (Å²) in [5.74, 6) is -3.06. The molecule has 0 aliphatic heterocycles. The van der Waals surface area contributed by atoms with Crippen molar-refractivity contribution in [2.24, 2.45) is 0 Å². The van der Waals surface area contributed by atoms with Crippen LogP contribution in [0.1, 0.15) is 15.9 Å². The Morgan fingerprint density at radius 1 is 1.25 bits per heavy atom. The van der Waals surface area contributed by atoms with Crippen LogP contribution in [0.2, 0.25) is 5.02 Å². The summed E-state index contributed by atoms with van der Waals surface area (Å²) in [6.07, 6.45) is -4.64. The van der Waals surface area contributed by atoms with Gasteiger partial charge in [0.25, 0.3) is 5.78 Å². The molecule has 0 fully saturated rings. The van der Waals surface area contributed by atoms with Gasteiger partial charge in [-0.05, 0) is 12.1 Å². The molecule has 0 saturated heterocycles. The fraction of sp³-hybridized carbons (Fsp3) is 0.111. The van der Waals surface area contributed by atoms with Gasteiger partial charge in [0.1, 0.15) is 0 Å². The third-order valence-corrected chi connectivity index (χ3v) is 2.04. The van der Waals surface area contributed by atoms with Crippen LogP contribution in [0.15, 0.2) is 18.2 Å². The van der Waals surface area contributed by atoms with Crippen molar-refractivity contribution in [3.8, 4) is 0 Å². The zero-order valence-electron chi connectivity index (χ0n) is 7.51. The molecule has 16 heavy (non-hydrogen) atoms. The van der Waals surface area contributed by atoms with Gasteiger partial charge in [-0.15, -0.1) is 0 Å². The Morgan fingerprint density at radius 2 is 1.81 bits per heavy atom. The summed E-state index contributed by atoms with van der Waals surface area (Å²) in [4.78, 5) is 21.2. The summed E-state index contributed by atoms with van der Waals surface area (Å²) >= 11 is 5.30. The fourth-order valence-electron chi connectivity index (χ4n) is 1.01. The first kappa shape index (κ1) is 12.5. The first-order chi connectivity index (χ1) is 7.23. The lowest BCUT2D eigenvalue weighted by Crippen LogP contribution is -2.13. The number of hydrogen-bond donors (Lipinski definition) is 1. The van der Waals surface area contributed by atoms with E-state index in [0.717, 1.165) is 6.07 Å². The number of Topliss-reactive ketones (excluding diaryl/α,β-unsaturated/α-hetero) is 1. The van der Waals surface area contributed by atoms with E-state index in [1.807, 2.05) is 0 Å². The van der Waals surface area contributed by atoms with Crippen molar-refractivity contribution < 1.29 is 27.9 Å². The van der Waals surface area contributed by atoms with Gasteiger partial charge < -0.3 is 5.11 Å². The van der Waals surface area contributed by atoms with Gasteiger partial charge in [-0.2, -0.15) is 13.2 Å². The summed E-state index contributed by atoms with van der Waals surface area (Å²) in [7, 11) is 0. The van der Waals surface area contributed by atoms with Crippen LogP contribution >= 0.6 is 11.6 Å². The summed E-state index contributed by atoms with van der Waals surface area (Å²) in [6, 6.07) is 2.02. The van der Waals surface area contributed by atoms with E-state index < -0.39 is 34.1 Å². The Balaban J connectivity index is 3.19. The minimum absolute atomic E-state index is 0.398. The van der Waals surface area contributed by atoms with Crippen molar-refractivity contribution in [2.45, 2.75) is 6.18 Å². The molecule has 0 aromatic heterocycles. The monoisotopic (exact) mass is 252 g/mol. The minimum atomic E-state index is -4.64. The number of ketones is 1. The lowest BCUT2D eigenvalue weighted by atomic mass is 10.1. The molecule has 0 unspecified atom stereocenters. The Bertz CT molecular complexity index is 454. The summed E-state index contributed by atoms with van der Waals surface area (Å²) in [5.41, 5.74) is -1.51. The summed E-state index contributed by atoms with van der Waals surface area (Å²) in [5, 5.41) is 7.63.